The molecule has 0 bridgehead atoms. The summed E-state index contributed by atoms with van der Waals surface area (Å²) in [6.45, 7) is 7.40. The van der Waals surface area contributed by atoms with E-state index >= 15 is 0 Å². The number of likely N-dealkylation sites (N-methyl/N-ethyl adjacent to an activating group) is 1. The van der Waals surface area contributed by atoms with Gasteiger partial charge in [-0.1, -0.05) is 26.0 Å². The van der Waals surface area contributed by atoms with Crippen LogP contribution >= 0.6 is 0 Å². The molecule has 0 aliphatic carbocycles. The van der Waals surface area contributed by atoms with Gasteiger partial charge >= 0.3 is 18.1 Å². The molecule has 1 aliphatic rings. The van der Waals surface area contributed by atoms with Crippen molar-refractivity contribution in [3.05, 3.63) is 53.6 Å². The second-order valence-corrected chi connectivity index (χ2v) is 10.7. The standard InChI is InChI=1S/C22H29N3O4S.C2HF3O2/c1-16(2)14-17-4-7-19(8-5-17)30(28,29)23-20-15-18(22(26)27)6-9-21(20)25-12-10-24(3)11-13-25;3-2(4,5)1(6)7/h4-9,15-16,23H,10-14H2,1-3H3,(H,26,27);(H,6,7). The summed E-state index contributed by atoms with van der Waals surface area (Å²) in [6.07, 6.45) is -4.21. The number of aromatic carboxylic acids is 1. The number of anilines is 2. The van der Waals surface area contributed by atoms with Gasteiger partial charge in [-0.2, -0.15) is 13.2 Å². The molecule has 2 aromatic rings. The van der Waals surface area contributed by atoms with Crippen LogP contribution in [-0.4, -0.2) is 74.9 Å². The fourth-order valence-electron chi connectivity index (χ4n) is 3.55. The number of hydrogen-bond donors (Lipinski definition) is 3. The second-order valence-electron chi connectivity index (χ2n) is 8.98. The molecule has 2 aromatic carbocycles. The Bertz CT molecular complexity index is 1190. The molecule has 9 nitrogen and oxygen atoms in total. The van der Waals surface area contributed by atoms with Gasteiger partial charge in [0.05, 0.1) is 21.8 Å². The van der Waals surface area contributed by atoms with Gasteiger partial charge in [-0.05, 0) is 55.3 Å². The van der Waals surface area contributed by atoms with E-state index < -0.39 is 28.1 Å². The van der Waals surface area contributed by atoms with Gasteiger partial charge in [-0.3, -0.25) is 4.72 Å². The number of rotatable bonds is 7. The molecule has 1 saturated heterocycles. The zero-order chi connectivity index (χ0) is 28.0. The van der Waals surface area contributed by atoms with Gasteiger partial charge < -0.3 is 20.0 Å². The van der Waals surface area contributed by atoms with Crippen molar-refractivity contribution < 1.29 is 41.4 Å². The van der Waals surface area contributed by atoms with E-state index in [4.69, 9.17) is 9.90 Å². The minimum Gasteiger partial charge on any atom is -0.478 e. The molecule has 0 radical (unpaired) electrons. The largest absolute Gasteiger partial charge is 0.490 e. The van der Waals surface area contributed by atoms with E-state index in [-0.39, 0.29) is 16.1 Å². The highest BCUT2D eigenvalue weighted by atomic mass is 32.2. The van der Waals surface area contributed by atoms with Crippen molar-refractivity contribution >= 4 is 33.3 Å². The predicted octanol–water partition coefficient (Wildman–Crippen LogP) is 3.77. The van der Waals surface area contributed by atoms with E-state index in [0.717, 1.165) is 38.2 Å². The lowest BCUT2D eigenvalue weighted by molar-refractivity contribution is -0.192. The zero-order valence-electron chi connectivity index (χ0n) is 20.6. The normalized spacial score (nSPS) is 14.6. The highest BCUT2D eigenvalue weighted by Gasteiger charge is 2.38. The number of nitrogens with one attached hydrogen (secondary N) is 1. The average Bonchev–Trinajstić information content (AvgIpc) is 2.79. The van der Waals surface area contributed by atoms with Crippen LogP contribution in [0.25, 0.3) is 0 Å². The van der Waals surface area contributed by atoms with Crippen molar-refractivity contribution in [2.45, 2.75) is 31.3 Å². The number of nitrogens with zero attached hydrogens (tertiary/aromatic N) is 2. The number of carboxylic acid groups (broad SMARTS) is 2. The number of halogens is 3. The SMILES string of the molecule is CC(C)Cc1ccc(S(=O)(=O)Nc2cc(C(=O)O)ccc2N2CCN(C)CC2)cc1.O=C(O)C(F)(F)F. The lowest BCUT2D eigenvalue weighted by Gasteiger charge is -2.35. The molecule has 3 rings (SSSR count). The number of aliphatic carboxylic acids is 1. The van der Waals surface area contributed by atoms with Crippen molar-refractivity contribution in [3.63, 3.8) is 0 Å². The molecular weight excluding hydrogens is 515 g/mol. The van der Waals surface area contributed by atoms with Gasteiger partial charge in [0, 0.05) is 26.2 Å². The van der Waals surface area contributed by atoms with Crippen LogP contribution in [0.3, 0.4) is 0 Å². The first-order valence-electron chi connectivity index (χ1n) is 11.3. The average molecular weight is 546 g/mol. The summed E-state index contributed by atoms with van der Waals surface area (Å²) >= 11 is 0. The van der Waals surface area contributed by atoms with Gasteiger partial charge in [-0.25, -0.2) is 18.0 Å². The van der Waals surface area contributed by atoms with Crippen molar-refractivity contribution in [3.8, 4) is 0 Å². The van der Waals surface area contributed by atoms with Crippen molar-refractivity contribution in [1.82, 2.24) is 4.90 Å². The van der Waals surface area contributed by atoms with E-state index in [9.17, 15) is 31.5 Å². The molecule has 0 amide bonds. The van der Waals surface area contributed by atoms with E-state index in [1.54, 1.807) is 18.2 Å². The lowest BCUT2D eigenvalue weighted by atomic mass is 10.0. The van der Waals surface area contributed by atoms with Crippen LogP contribution < -0.4 is 9.62 Å². The van der Waals surface area contributed by atoms with Gasteiger partial charge in [-0.15, -0.1) is 0 Å². The van der Waals surface area contributed by atoms with Crippen molar-refractivity contribution in [2.75, 3.05) is 42.8 Å². The molecule has 0 spiro atoms. The van der Waals surface area contributed by atoms with Crippen LogP contribution in [0.2, 0.25) is 0 Å². The van der Waals surface area contributed by atoms with Crippen molar-refractivity contribution in [2.24, 2.45) is 5.92 Å². The second kappa shape index (κ2) is 12.3. The molecule has 13 heteroatoms. The molecule has 0 atom stereocenters. The van der Waals surface area contributed by atoms with E-state index in [0.29, 0.717) is 11.6 Å². The molecule has 37 heavy (non-hydrogen) atoms. The highest BCUT2D eigenvalue weighted by Crippen LogP contribution is 2.30. The monoisotopic (exact) mass is 545 g/mol. The number of benzene rings is 2. The molecule has 0 saturated carbocycles. The molecule has 0 unspecified atom stereocenters. The predicted molar refractivity (Wildman–Crippen MR) is 133 cm³/mol. The zero-order valence-corrected chi connectivity index (χ0v) is 21.4. The highest BCUT2D eigenvalue weighted by molar-refractivity contribution is 7.92. The van der Waals surface area contributed by atoms with Crippen LogP contribution in [-0.2, 0) is 21.2 Å². The fraction of sp³-hybridized carbons (Fsp3) is 0.417. The van der Waals surface area contributed by atoms with Crippen LogP contribution in [0.1, 0.15) is 29.8 Å². The van der Waals surface area contributed by atoms with Gasteiger partial charge in [0.1, 0.15) is 0 Å². The first-order chi connectivity index (χ1) is 17.1. The third-order valence-corrected chi connectivity index (χ3v) is 6.83. The Balaban J connectivity index is 0.000000604. The molecular formula is C24H30F3N3O6S. The number of sulfonamides is 1. The van der Waals surface area contributed by atoms with E-state index in [2.05, 4.69) is 28.4 Å². The first kappa shape index (κ1) is 29.9. The minimum atomic E-state index is -5.08. The Morgan fingerprint density at radius 1 is 1.00 bits per heavy atom. The summed E-state index contributed by atoms with van der Waals surface area (Å²) in [5.41, 5.74) is 2.09. The molecule has 1 fully saturated rings. The third-order valence-electron chi connectivity index (χ3n) is 5.45. The van der Waals surface area contributed by atoms with Crippen LogP contribution in [0.5, 0.6) is 0 Å². The summed E-state index contributed by atoms with van der Waals surface area (Å²) in [5.74, 6) is -3.37. The molecule has 3 N–H and O–H groups in total. The maximum absolute atomic E-state index is 13.0. The third kappa shape index (κ3) is 8.93. The minimum absolute atomic E-state index is 0.0397. The Morgan fingerprint density at radius 2 is 1.54 bits per heavy atom. The van der Waals surface area contributed by atoms with Crippen LogP contribution in [0.4, 0.5) is 24.5 Å². The smallest absolute Gasteiger partial charge is 0.478 e. The summed E-state index contributed by atoms with van der Waals surface area (Å²) in [7, 11) is -1.81. The Hall–Kier alpha value is -3.32. The number of piperazine rings is 1. The number of carboxylic acids is 2. The fourth-order valence-corrected chi connectivity index (χ4v) is 4.62. The van der Waals surface area contributed by atoms with E-state index in [1.165, 1.54) is 12.1 Å². The van der Waals surface area contributed by atoms with Gasteiger partial charge in [0.25, 0.3) is 10.0 Å². The topological polar surface area (TPSA) is 127 Å². The van der Waals surface area contributed by atoms with E-state index in [1.807, 2.05) is 19.2 Å². The number of hydrogen-bond acceptors (Lipinski definition) is 6. The van der Waals surface area contributed by atoms with Crippen LogP contribution in [0, 0.1) is 5.92 Å². The number of alkyl halides is 3. The number of carbonyl (C=O) groups is 2. The lowest BCUT2D eigenvalue weighted by Crippen LogP contribution is -2.44. The Labute approximate surface area is 213 Å². The summed E-state index contributed by atoms with van der Waals surface area (Å²) in [6, 6.07) is 11.4. The Morgan fingerprint density at radius 3 is 2.00 bits per heavy atom. The maximum Gasteiger partial charge on any atom is 0.490 e. The maximum atomic E-state index is 13.0. The molecule has 1 heterocycles. The summed E-state index contributed by atoms with van der Waals surface area (Å²) in [4.78, 5) is 24.8. The van der Waals surface area contributed by atoms with Gasteiger partial charge in [0.15, 0.2) is 0 Å². The molecule has 0 aromatic heterocycles. The molecule has 204 valence electrons. The molecule has 1 aliphatic heterocycles. The quantitative estimate of drug-likeness (QED) is 0.480. The van der Waals surface area contributed by atoms with Crippen molar-refractivity contribution in [1.29, 1.82) is 0 Å². The Kier molecular flexibility index (Phi) is 9.93. The van der Waals surface area contributed by atoms with Crippen LogP contribution in [0.15, 0.2) is 47.4 Å². The van der Waals surface area contributed by atoms with Gasteiger partial charge in [0.2, 0.25) is 0 Å². The summed E-state index contributed by atoms with van der Waals surface area (Å²) < 4.78 is 60.4. The summed E-state index contributed by atoms with van der Waals surface area (Å²) in [5, 5.41) is 16.5. The first-order valence-corrected chi connectivity index (χ1v) is 12.8.